The lowest BCUT2D eigenvalue weighted by Gasteiger charge is -2.22. The van der Waals surface area contributed by atoms with Crippen LogP contribution < -0.4 is 10.0 Å². The standard InChI is InChI=1S/C30H26N4O3S/c1-21-9-5-8-14-27(21)38(36,37)33-29(35)32-30(20-26(30)23-11-3-2-4-12-23)28-31-17-18-34(28)25-16-15-22-10-6-7-13-24(22)19-25/h2-19,26H,20H2,1H3,(H2,32,33,35)/t26-,30?/m1/s1. The molecule has 1 aliphatic rings. The molecule has 190 valence electrons. The smallest absolute Gasteiger partial charge is 0.324 e. The number of carbonyl (C=O) groups excluding carboxylic acids is 1. The van der Waals surface area contributed by atoms with E-state index < -0.39 is 21.6 Å². The molecule has 1 saturated carbocycles. The maximum atomic E-state index is 13.3. The number of aryl methyl sites for hydroxylation is 1. The predicted octanol–water partition coefficient (Wildman–Crippen LogP) is 5.40. The number of amides is 2. The first-order chi connectivity index (χ1) is 18.4. The second-order valence-corrected chi connectivity index (χ2v) is 11.3. The summed E-state index contributed by atoms with van der Waals surface area (Å²) in [5.41, 5.74) is 1.62. The molecule has 5 aromatic rings. The molecule has 2 amide bonds. The van der Waals surface area contributed by atoms with Gasteiger partial charge in [-0.15, -0.1) is 0 Å². The summed E-state index contributed by atoms with van der Waals surface area (Å²) in [4.78, 5) is 18.0. The molecule has 6 rings (SSSR count). The van der Waals surface area contributed by atoms with Crippen LogP contribution in [0.2, 0.25) is 0 Å². The van der Waals surface area contributed by atoms with Gasteiger partial charge >= 0.3 is 6.03 Å². The third-order valence-corrected chi connectivity index (χ3v) is 8.65. The zero-order chi connectivity index (χ0) is 26.3. The summed E-state index contributed by atoms with van der Waals surface area (Å²) in [5, 5.41) is 5.21. The maximum Gasteiger partial charge on any atom is 0.329 e. The molecule has 8 heteroatoms. The van der Waals surface area contributed by atoms with Gasteiger partial charge in [0.05, 0.1) is 4.90 Å². The molecule has 7 nitrogen and oxygen atoms in total. The first kappa shape index (κ1) is 23.9. The molecule has 1 fully saturated rings. The third kappa shape index (κ3) is 4.22. The van der Waals surface area contributed by atoms with Crippen molar-refractivity contribution >= 4 is 26.8 Å². The van der Waals surface area contributed by atoms with Gasteiger partial charge in [-0.05, 0) is 53.4 Å². The van der Waals surface area contributed by atoms with Crippen LogP contribution in [0.4, 0.5) is 4.79 Å². The van der Waals surface area contributed by atoms with Crippen LogP contribution in [0.1, 0.15) is 29.3 Å². The van der Waals surface area contributed by atoms with Crippen LogP contribution in [-0.4, -0.2) is 24.0 Å². The molecular formula is C30H26N4O3S. The highest BCUT2D eigenvalue weighted by molar-refractivity contribution is 7.90. The highest BCUT2D eigenvalue weighted by Crippen LogP contribution is 2.58. The summed E-state index contributed by atoms with van der Waals surface area (Å²) in [5.74, 6) is 0.572. The lowest BCUT2D eigenvalue weighted by molar-refractivity contribution is 0.239. The fourth-order valence-electron chi connectivity index (χ4n) is 5.22. The average molecular weight is 523 g/mol. The number of carbonyl (C=O) groups is 1. The minimum atomic E-state index is -4.06. The number of sulfonamides is 1. The lowest BCUT2D eigenvalue weighted by Crippen LogP contribution is -2.46. The minimum Gasteiger partial charge on any atom is -0.324 e. The van der Waals surface area contributed by atoms with Gasteiger partial charge in [0, 0.05) is 24.0 Å². The molecule has 0 saturated heterocycles. The van der Waals surface area contributed by atoms with Crippen molar-refractivity contribution in [3.63, 3.8) is 0 Å². The third-order valence-electron chi connectivity index (χ3n) is 7.16. The van der Waals surface area contributed by atoms with E-state index in [9.17, 15) is 13.2 Å². The number of nitrogens with one attached hydrogen (secondary N) is 2. The first-order valence-electron chi connectivity index (χ1n) is 12.4. The average Bonchev–Trinajstić information content (AvgIpc) is 3.41. The fourth-order valence-corrected chi connectivity index (χ4v) is 6.38. The summed E-state index contributed by atoms with van der Waals surface area (Å²) in [6.45, 7) is 1.70. The summed E-state index contributed by atoms with van der Waals surface area (Å²) in [7, 11) is -4.06. The van der Waals surface area contributed by atoms with Crippen LogP contribution in [0.25, 0.3) is 16.5 Å². The van der Waals surface area contributed by atoms with E-state index >= 15 is 0 Å². The molecule has 38 heavy (non-hydrogen) atoms. The van der Waals surface area contributed by atoms with Crippen molar-refractivity contribution in [1.82, 2.24) is 19.6 Å². The Labute approximate surface area is 221 Å². The lowest BCUT2D eigenvalue weighted by atomic mass is 10.0. The maximum absolute atomic E-state index is 13.3. The van der Waals surface area contributed by atoms with Gasteiger partial charge in [0.1, 0.15) is 11.4 Å². The van der Waals surface area contributed by atoms with E-state index in [1.54, 1.807) is 31.3 Å². The Hall–Kier alpha value is -4.43. The van der Waals surface area contributed by atoms with Gasteiger partial charge in [-0.25, -0.2) is 22.9 Å². The van der Waals surface area contributed by atoms with E-state index in [2.05, 4.69) is 39.3 Å². The zero-order valence-corrected chi connectivity index (χ0v) is 21.5. The molecule has 0 spiro atoms. The Morgan fingerprint density at radius 2 is 1.63 bits per heavy atom. The largest absolute Gasteiger partial charge is 0.329 e. The zero-order valence-electron chi connectivity index (χ0n) is 20.7. The summed E-state index contributed by atoms with van der Waals surface area (Å²) < 4.78 is 30.2. The van der Waals surface area contributed by atoms with Crippen LogP contribution in [0.15, 0.2) is 114 Å². The van der Waals surface area contributed by atoms with E-state index in [1.165, 1.54) is 6.07 Å². The van der Waals surface area contributed by atoms with Gasteiger partial charge in [-0.1, -0.05) is 78.9 Å². The van der Waals surface area contributed by atoms with Crippen molar-refractivity contribution in [2.45, 2.75) is 29.7 Å². The monoisotopic (exact) mass is 522 g/mol. The van der Waals surface area contributed by atoms with Gasteiger partial charge < -0.3 is 9.88 Å². The molecule has 4 aromatic carbocycles. The van der Waals surface area contributed by atoms with Crippen LogP contribution >= 0.6 is 0 Å². The van der Waals surface area contributed by atoms with Crippen molar-refractivity contribution in [3.8, 4) is 5.69 Å². The summed E-state index contributed by atoms with van der Waals surface area (Å²) in [6, 6.07) is 29.9. The van der Waals surface area contributed by atoms with Gasteiger partial charge in [-0.3, -0.25) is 0 Å². The summed E-state index contributed by atoms with van der Waals surface area (Å²) >= 11 is 0. The SMILES string of the molecule is Cc1ccccc1S(=O)(=O)NC(=O)NC1(c2nccn2-c2ccc3ccccc3c2)C[C@@H]1c1ccccc1. The molecule has 0 radical (unpaired) electrons. The normalized spacial score (nSPS) is 18.7. The Bertz CT molecular complexity index is 1760. The number of benzene rings is 4. The minimum absolute atomic E-state index is 0.0669. The van der Waals surface area contributed by atoms with Crippen LogP contribution in [-0.2, 0) is 15.6 Å². The number of aromatic nitrogens is 2. The fraction of sp³-hybridized carbons (Fsp3) is 0.133. The number of imidazole rings is 1. The van der Waals surface area contributed by atoms with E-state index in [0.717, 1.165) is 22.0 Å². The van der Waals surface area contributed by atoms with Crippen molar-refractivity contribution < 1.29 is 13.2 Å². The Morgan fingerprint density at radius 1 is 0.921 bits per heavy atom. The number of fused-ring (bicyclic) bond motifs is 1. The van der Waals surface area contributed by atoms with Gasteiger partial charge in [0.2, 0.25) is 0 Å². The number of urea groups is 1. The van der Waals surface area contributed by atoms with Crippen molar-refractivity contribution in [2.75, 3.05) is 0 Å². The second kappa shape index (κ2) is 9.15. The second-order valence-electron chi connectivity index (χ2n) is 9.62. The predicted molar refractivity (Wildman–Crippen MR) is 147 cm³/mol. The van der Waals surface area contributed by atoms with E-state index in [1.807, 2.05) is 59.3 Å². The van der Waals surface area contributed by atoms with E-state index in [-0.39, 0.29) is 10.8 Å². The van der Waals surface area contributed by atoms with Crippen molar-refractivity contribution in [2.24, 2.45) is 0 Å². The molecule has 0 aliphatic heterocycles. The molecular weight excluding hydrogens is 496 g/mol. The molecule has 1 unspecified atom stereocenters. The first-order valence-corrected chi connectivity index (χ1v) is 13.8. The molecule has 0 bridgehead atoms. The van der Waals surface area contributed by atoms with E-state index in [0.29, 0.717) is 17.8 Å². The molecule has 1 aromatic heterocycles. The van der Waals surface area contributed by atoms with Gasteiger partial charge in [-0.2, -0.15) is 0 Å². The Kier molecular flexibility index (Phi) is 5.76. The number of hydrogen-bond acceptors (Lipinski definition) is 4. The number of nitrogens with zero attached hydrogens (tertiary/aromatic N) is 2. The van der Waals surface area contributed by atoms with Gasteiger partial charge in [0.25, 0.3) is 10.0 Å². The van der Waals surface area contributed by atoms with Crippen molar-refractivity contribution in [3.05, 3.63) is 126 Å². The highest BCUT2D eigenvalue weighted by Gasteiger charge is 2.60. The Balaban J connectivity index is 1.37. The molecule has 1 aliphatic carbocycles. The van der Waals surface area contributed by atoms with Crippen LogP contribution in [0.5, 0.6) is 0 Å². The van der Waals surface area contributed by atoms with E-state index in [4.69, 9.17) is 0 Å². The number of hydrogen-bond donors (Lipinski definition) is 2. The molecule has 1 heterocycles. The Morgan fingerprint density at radius 3 is 2.42 bits per heavy atom. The molecule has 2 N–H and O–H groups in total. The molecule has 2 atom stereocenters. The highest BCUT2D eigenvalue weighted by atomic mass is 32.2. The quantitative estimate of drug-likeness (QED) is 0.312. The van der Waals surface area contributed by atoms with Crippen molar-refractivity contribution in [1.29, 1.82) is 0 Å². The van der Waals surface area contributed by atoms with Crippen LogP contribution in [0.3, 0.4) is 0 Å². The topological polar surface area (TPSA) is 93.1 Å². The number of rotatable bonds is 6. The van der Waals surface area contributed by atoms with Gasteiger partial charge in [0.15, 0.2) is 0 Å². The van der Waals surface area contributed by atoms with Crippen LogP contribution in [0, 0.1) is 6.92 Å². The summed E-state index contributed by atoms with van der Waals surface area (Å²) in [6.07, 6.45) is 4.15.